The van der Waals surface area contributed by atoms with Crippen molar-refractivity contribution in [1.82, 2.24) is 10.3 Å². The van der Waals surface area contributed by atoms with Crippen molar-refractivity contribution in [1.29, 1.82) is 0 Å². The number of ether oxygens (including phenoxy) is 3. The minimum atomic E-state index is -0.156. The molecule has 6 heteroatoms. The third-order valence-electron chi connectivity index (χ3n) is 4.25. The summed E-state index contributed by atoms with van der Waals surface area (Å²) in [5.74, 6) is 1.06. The highest BCUT2D eigenvalue weighted by Gasteiger charge is 2.42. The standard InChI is InChI=1S/C18H18N2O4/c21-18(20-15-11-23-16-6-8-22-17(15)16)12-3-1-4-13(9-12)24-14-5-2-7-19-10-14/h1-5,7,9-10,15-17H,6,8,11H2,(H,20,21). The maximum atomic E-state index is 12.5. The van der Waals surface area contributed by atoms with Gasteiger partial charge in [-0.15, -0.1) is 0 Å². The summed E-state index contributed by atoms with van der Waals surface area (Å²) < 4.78 is 17.0. The summed E-state index contributed by atoms with van der Waals surface area (Å²) in [6.45, 7) is 1.18. The number of fused-ring (bicyclic) bond motifs is 1. The molecule has 2 aliphatic rings. The Labute approximate surface area is 139 Å². The molecule has 0 aliphatic carbocycles. The molecule has 2 aromatic rings. The SMILES string of the molecule is O=C(NC1COC2CCOC12)c1cccc(Oc2cccnc2)c1. The predicted octanol–water partition coefficient (Wildman–Crippen LogP) is 2.16. The first kappa shape index (κ1) is 15.1. The van der Waals surface area contributed by atoms with Crippen molar-refractivity contribution in [3.05, 3.63) is 54.4 Å². The summed E-state index contributed by atoms with van der Waals surface area (Å²) in [5, 5.41) is 3.00. The second-order valence-electron chi connectivity index (χ2n) is 5.89. The first-order valence-corrected chi connectivity index (χ1v) is 8.01. The van der Waals surface area contributed by atoms with Gasteiger partial charge in [0.1, 0.15) is 17.6 Å². The number of aromatic nitrogens is 1. The maximum Gasteiger partial charge on any atom is 0.251 e. The fourth-order valence-electron chi connectivity index (χ4n) is 3.09. The van der Waals surface area contributed by atoms with E-state index in [1.54, 1.807) is 42.7 Å². The van der Waals surface area contributed by atoms with E-state index in [1.165, 1.54) is 0 Å². The molecule has 0 radical (unpaired) electrons. The fraction of sp³-hybridized carbons (Fsp3) is 0.333. The molecule has 24 heavy (non-hydrogen) atoms. The van der Waals surface area contributed by atoms with E-state index >= 15 is 0 Å². The molecule has 0 bridgehead atoms. The predicted molar refractivity (Wildman–Crippen MR) is 86.1 cm³/mol. The highest BCUT2D eigenvalue weighted by Crippen LogP contribution is 2.27. The Bertz CT molecular complexity index is 722. The van der Waals surface area contributed by atoms with Crippen molar-refractivity contribution >= 4 is 5.91 Å². The van der Waals surface area contributed by atoms with Crippen molar-refractivity contribution < 1.29 is 19.0 Å². The summed E-state index contributed by atoms with van der Waals surface area (Å²) in [5.41, 5.74) is 0.540. The molecule has 3 atom stereocenters. The largest absolute Gasteiger partial charge is 0.456 e. The zero-order valence-electron chi connectivity index (χ0n) is 13.1. The van der Waals surface area contributed by atoms with Gasteiger partial charge in [-0.1, -0.05) is 6.07 Å². The monoisotopic (exact) mass is 326 g/mol. The number of hydrogen-bond acceptors (Lipinski definition) is 5. The summed E-state index contributed by atoms with van der Waals surface area (Å²) in [6, 6.07) is 10.6. The smallest absolute Gasteiger partial charge is 0.251 e. The number of nitrogens with one attached hydrogen (secondary N) is 1. The van der Waals surface area contributed by atoms with E-state index in [0.29, 0.717) is 30.3 Å². The number of rotatable bonds is 4. The molecule has 0 spiro atoms. The van der Waals surface area contributed by atoms with E-state index in [1.807, 2.05) is 6.07 Å². The Kier molecular flexibility index (Phi) is 4.15. The molecule has 1 aromatic heterocycles. The third-order valence-corrected chi connectivity index (χ3v) is 4.25. The highest BCUT2D eigenvalue weighted by molar-refractivity contribution is 5.94. The van der Waals surface area contributed by atoms with Gasteiger partial charge in [0.2, 0.25) is 0 Å². The normalized spacial score (nSPS) is 25.2. The lowest BCUT2D eigenvalue weighted by Gasteiger charge is -2.17. The van der Waals surface area contributed by atoms with Crippen LogP contribution in [0, 0.1) is 0 Å². The molecule has 124 valence electrons. The number of hydrogen-bond donors (Lipinski definition) is 1. The molecule has 1 amide bonds. The van der Waals surface area contributed by atoms with E-state index in [2.05, 4.69) is 10.3 Å². The van der Waals surface area contributed by atoms with Crippen molar-refractivity contribution in [2.75, 3.05) is 13.2 Å². The number of benzene rings is 1. The Morgan fingerprint density at radius 3 is 3.00 bits per heavy atom. The van der Waals surface area contributed by atoms with E-state index in [4.69, 9.17) is 14.2 Å². The van der Waals surface area contributed by atoms with E-state index in [9.17, 15) is 4.79 Å². The molecule has 2 saturated heterocycles. The van der Waals surface area contributed by atoms with Crippen LogP contribution < -0.4 is 10.1 Å². The number of amides is 1. The van der Waals surface area contributed by atoms with Gasteiger partial charge in [-0.25, -0.2) is 0 Å². The molecule has 1 aromatic carbocycles. The maximum absolute atomic E-state index is 12.5. The van der Waals surface area contributed by atoms with Gasteiger partial charge in [0.15, 0.2) is 0 Å². The molecule has 3 heterocycles. The molecule has 3 unspecified atom stereocenters. The van der Waals surface area contributed by atoms with Gasteiger partial charge in [0.25, 0.3) is 5.91 Å². The van der Waals surface area contributed by atoms with Crippen LogP contribution in [0.2, 0.25) is 0 Å². The van der Waals surface area contributed by atoms with Crippen LogP contribution in [0.3, 0.4) is 0 Å². The van der Waals surface area contributed by atoms with Crippen molar-refractivity contribution in [3.63, 3.8) is 0 Å². The van der Waals surface area contributed by atoms with Gasteiger partial charge >= 0.3 is 0 Å². The molecule has 2 fully saturated rings. The van der Waals surface area contributed by atoms with Crippen LogP contribution in [0.1, 0.15) is 16.8 Å². The average Bonchev–Trinajstić information content (AvgIpc) is 3.21. The average molecular weight is 326 g/mol. The summed E-state index contributed by atoms with van der Waals surface area (Å²) in [6.07, 6.45) is 4.27. The van der Waals surface area contributed by atoms with Crippen LogP contribution in [-0.4, -0.2) is 42.4 Å². The minimum absolute atomic E-state index is 0.0382. The quantitative estimate of drug-likeness (QED) is 0.932. The minimum Gasteiger partial charge on any atom is -0.456 e. The van der Waals surface area contributed by atoms with Crippen LogP contribution in [0.25, 0.3) is 0 Å². The Morgan fingerprint density at radius 1 is 1.21 bits per heavy atom. The zero-order chi connectivity index (χ0) is 16.4. The van der Waals surface area contributed by atoms with Crippen molar-refractivity contribution in [2.45, 2.75) is 24.7 Å². The lowest BCUT2D eigenvalue weighted by Crippen LogP contribution is -2.43. The van der Waals surface area contributed by atoms with Crippen LogP contribution in [-0.2, 0) is 9.47 Å². The summed E-state index contributed by atoms with van der Waals surface area (Å²) in [4.78, 5) is 16.5. The van der Waals surface area contributed by atoms with Gasteiger partial charge < -0.3 is 19.5 Å². The van der Waals surface area contributed by atoms with Crippen LogP contribution in [0.5, 0.6) is 11.5 Å². The van der Waals surface area contributed by atoms with Gasteiger partial charge in [-0.05, 0) is 36.8 Å². The molecule has 2 aliphatic heterocycles. The second-order valence-corrected chi connectivity index (χ2v) is 5.89. The summed E-state index contributed by atoms with van der Waals surface area (Å²) in [7, 11) is 0. The molecule has 4 rings (SSSR count). The van der Waals surface area contributed by atoms with Gasteiger partial charge in [0, 0.05) is 18.4 Å². The summed E-state index contributed by atoms with van der Waals surface area (Å²) >= 11 is 0. The first-order valence-electron chi connectivity index (χ1n) is 8.01. The van der Waals surface area contributed by atoms with E-state index in [-0.39, 0.29) is 24.2 Å². The number of nitrogens with zero attached hydrogens (tertiary/aromatic N) is 1. The van der Waals surface area contributed by atoms with Gasteiger partial charge in [0.05, 0.1) is 24.9 Å². The molecular formula is C18H18N2O4. The van der Waals surface area contributed by atoms with Crippen molar-refractivity contribution in [2.24, 2.45) is 0 Å². The number of pyridine rings is 1. The molecule has 6 nitrogen and oxygen atoms in total. The highest BCUT2D eigenvalue weighted by atomic mass is 16.6. The first-order chi connectivity index (χ1) is 11.8. The van der Waals surface area contributed by atoms with Crippen LogP contribution >= 0.6 is 0 Å². The van der Waals surface area contributed by atoms with E-state index < -0.39 is 0 Å². The Hall–Kier alpha value is -2.44. The van der Waals surface area contributed by atoms with Crippen LogP contribution in [0.4, 0.5) is 0 Å². The zero-order valence-corrected chi connectivity index (χ0v) is 13.1. The Morgan fingerprint density at radius 2 is 2.12 bits per heavy atom. The van der Waals surface area contributed by atoms with Gasteiger partial charge in [-0.2, -0.15) is 0 Å². The third kappa shape index (κ3) is 3.11. The lowest BCUT2D eigenvalue weighted by molar-refractivity contribution is 0.0656. The number of carbonyl (C=O) groups excluding carboxylic acids is 1. The topological polar surface area (TPSA) is 69.7 Å². The lowest BCUT2D eigenvalue weighted by atomic mass is 10.1. The second kappa shape index (κ2) is 6.59. The van der Waals surface area contributed by atoms with Crippen LogP contribution in [0.15, 0.2) is 48.8 Å². The molecule has 0 saturated carbocycles. The fourth-order valence-corrected chi connectivity index (χ4v) is 3.09. The molecular weight excluding hydrogens is 308 g/mol. The van der Waals surface area contributed by atoms with Crippen molar-refractivity contribution in [3.8, 4) is 11.5 Å². The molecule has 1 N–H and O–H groups in total. The Balaban J connectivity index is 1.44. The van der Waals surface area contributed by atoms with Gasteiger partial charge in [-0.3, -0.25) is 9.78 Å². The number of carbonyl (C=O) groups is 1. The van der Waals surface area contributed by atoms with E-state index in [0.717, 1.165) is 6.42 Å².